The molecule has 0 radical (unpaired) electrons. The van der Waals surface area contributed by atoms with Crippen molar-refractivity contribution in [3.63, 3.8) is 0 Å². The molecule has 1 aromatic carbocycles. The fourth-order valence-electron chi connectivity index (χ4n) is 2.59. The van der Waals surface area contributed by atoms with Gasteiger partial charge in [0.15, 0.2) is 0 Å². The monoisotopic (exact) mass is 374 g/mol. The maximum absolute atomic E-state index is 12.3. The van der Waals surface area contributed by atoms with Crippen LogP contribution in [0.25, 0.3) is 0 Å². The van der Waals surface area contributed by atoms with E-state index < -0.39 is 11.9 Å². The predicted molar refractivity (Wildman–Crippen MR) is 109 cm³/mol. The van der Waals surface area contributed by atoms with Gasteiger partial charge in [0.25, 0.3) is 0 Å². The van der Waals surface area contributed by atoms with Crippen LogP contribution >= 0.6 is 0 Å². The standard InChI is InChI=1S/C23H34O4/c1-4-5-6-7-8-9-10-11-14-17-26-22(24)20-15-12-13-16-21(20)23(25)27-18-19(2)3/h11-16,19H,4-10,17-18H2,1-3H3/b14-11+. The molecule has 0 N–H and O–H groups in total. The minimum Gasteiger partial charge on any atom is -0.462 e. The summed E-state index contributed by atoms with van der Waals surface area (Å²) in [5.74, 6) is -0.754. The molecule has 0 atom stereocenters. The number of carbonyl (C=O) groups is 2. The van der Waals surface area contributed by atoms with Gasteiger partial charge in [0, 0.05) is 0 Å². The van der Waals surface area contributed by atoms with E-state index in [9.17, 15) is 9.59 Å². The average molecular weight is 375 g/mol. The van der Waals surface area contributed by atoms with E-state index in [4.69, 9.17) is 9.47 Å². The Labute approximate surface area is 163 Å². The van der Waals surface area contributed by atoms with Gasteiger partial charge in [0.1, 0.15) is 6.61 Å². The van der Waals surface area contributed by atoms with Gasteiger partial charge in [-0.05, 0) is 30.9 Å². The Kier molecular flexibility index (Phi) is 11.9. The number of hydrogen-bond donors (Lipinski definition) is 0. The first-order valence-corrected chi connectivity index (χ1v) is 10.1. The van der Waals surface area contributed by atoms with Gasteiger partial charge < -0.3 is 9.47 Å². The van der Waals surface area contributed by atoms with E-state index in [1.807, 2.05) is 19.9 Å². The quantitative estimate of drug-likeness (QED) is 0.243. The summed E-state index contributed by atoms with van der Waals surface area (Å²) < 4.78 is 10.5. The second kappa shape index (κ2) is 14.0. The lowest BCUT2D eigenvalue weighted by atomic mass is 10.1. The largest absolute Gasteiger partial charge is 0.462 e. The van der Waals surface area contributed by atoms with Crippen LogP contribution in [0.5, 0.6) is 0 Å². The number of rotatable bonds is 13. The number of ether oxygens (including phenoxy) is 2. The van der Waals surface area contributed by atoms with Crippen LogP contribution < -0.4 is 0 Å². The van der Waals surface area contributed by atoms with E-state index in [0.29, 0.717) is 6.61 Å². The molecule has 0 bridgehead atoms. The third kappa shape index (κ3) is 9.97. The first-order valence-electron chi connectivity index (χ1n) is 10.1. The van der Waals surface area contributed by atoms with E-state index in [1.165, 1.54) is 38.5 Å². The summed E-state index contributed by atoms with van der Waals surface area (Å²) in [6.07, 6.45) is 12.5. The van der Waals surface area contributed by atoms with Gasteiger partial charge in [-0.1, -0.05) is 77.2 Å². The molecule has 0 amide bonds. The summed E-state index contributed by atoms with van der Waals surface area (Å²) in [5, 5.41) is 0. The van der Waals surface area contributed by atoms with Crippen molar-refractivity contribution in [2.75, 3.05) is 13.2 Å². The Morgan fingerprint density at radius 3 is 2.11 bits per heavy atom. The molecule has 0 spiro atoms. The molecule has 0 heterocycles. The molecule has 0 saturated carbocycles. The van der Waals surface area contributed by atoms with Crippen LogP contribution in [-0.2, 0) is 9.47 Å². The van der Waals surface area contributed by atoms with Crippen LogP contribution in [0.3, 0.4) is 0 Å². The van der Waals surface area contributed by atoms with Crippen molar-refractivity contribution < 1.29 is 19.1 Å². The van der Waals surface area contributed by atoms with Crippen LogP contribution in [-0.4, -0.2) is 25.2 Å². The number of hydrogen-bond acceptors (Lipinski definition) is 4. The molecule has 0 saturated heterocycles. The van der Waals surface area contributed by atoms with Crippen LogP contribution in [0.1, 0.15) is 86.4 Å². The molecule has 0 fully saturated rings. The summed E-state index contributed by atoms with van der Waals surface area (Å²) in [6.45, 7) is 6.68. The van der Waals surface area contributed by atoms with Crippen molar-refractivity contribution in [3.8, 4) is 0 Å². The molecule has 1 rings (SSSR count). The summed E-state index contributed by atoms with van der Waals surface area (Å²) in [4.78, 5) is 24.5. The van der Waals surface area contributed by atoms with Crippen molar-refractivity contribution in [1.29, 1.82) is 0 Å². The molecule has 4 nitrogen and oxygen atoms in total. The first kappa shape index (κ1) is 22.9. The molecular formula is C23H34O4. The highest BCUT2D eigenvalue weighted by Gasteiger charge is 2.18. The highest BCUT2D eigenvalue weighted by Crippen LogP contribution is 2.13. The van der Waals surface area contributed by atoms with Gasteiger partial charge in [-0.2, -0.15) is 0 Å². The summed E-state index contributed by atoms with van der Waals surface area (Å²) in [5.41, 5.74) is 0.495. The van der Waals surface area contributed by atoms with Crippen LogP contribution in [0, 0.1) is 5.92 Å². The molecule has 0 aliphatic heterocycles. The Morgan fingerprint density at radius 2 is 1.48 bits per heavy atom. The Balaban J connectivity index is 2.38. The number of allylic oxidation sites excluding steroid dienone is 1. The smallest absolute Gasteiger partial charge is 0.339 e. The number of benzene rings is 1. The minimum absolute atomic E-state index is 0.212. The summed E-state index contributed by atoms with van der Waals surface area (Å²) in [7, 11) is 0. The van der Waals surface area contributed by atoms with Crippen molar-refractivity contribution in [2.45, 2.75) is 65.7 Å². The Morgan fingerprint density at radius 1 is 0.889 bits per heavy atom. The van der Waals surface area contributed by atoms with Gasteiger partial charge in [-0.25, -0.2) is 9.59 Å². The third-order valence-electron chi connectivity index (χ3n) is 4.12. The zero-order valence-corrected chi connectivity index (χ0v) is 17.0. The molecule has 4 heteroatoms. The van der Waals surface area contributed by atoms with E-state index in [1.54, 1.807) is 24.3 Å². The van der Waals surface area contributed by atoms with Gasteiger partial charge in [0.2, 0.25) is 0 Å². The highest BCUT2D eigenvalue weighted by molar-refractivity contribution is 6.03. The molecule has 1 aromatic rings. The van der Waals surface area contributed by atoms with E-state index in [2.05, 4.69) is 13.0 Å². The predicted octanol–water partition coefficient (Wildman–Crippen LogP) is 5.96. The molecule has 0 aliphatic rings. The topological polar surface area (TPSA) is 52.6 Å². The SMILES string of the molecule is CCCCCCCC/C=C/COC(=O)c1ccccc1C(=O)OCC(C)C. The minimum atomic E-state index is -0.503. The van der Waals surface area contributed by atoms with Crippen LogP contribution in [0.15, 0.2) is 36.4 Å². The van der Waals surface area contributed by atoms with Crippen molar-refractivity contribution in [3.05, 3.63) is 47.5 Å². The second-order valence-electron chi connectivity index (χ2n) is 7.16. The van der Waals surface area contributed by atoms with Crippen molar-refractivity contribution >= 4 is 11.9 Å². The molecular weight excluding hydrogens is 340 g/mol. The maximum atomic E-state index is 12.3. The maximum Gasteiger partial charge on any atom is 0.339 e. The average Bonchev–Trinajstić information content (AvgIpc) is 2.67. The molecule has 0 aromatic heterocycles. The van der Waals surface area contributed by atoms with E-state index >= 15 is 0 Å². The molecule has 150 valence electrons. The zero-order chi connectivity index (χ0) is 19.9. The fourth-order valence-corrected chi connectivity index (χ4v) is 2.59. The van der Waals surface area contributed by atoms with E-state index in [-0.39, 0.29) is 23.7 Å². The first-order chi connectivity index (χ1) is 13.1. The molecule has 27 heavy (non-hydrogen) atoms. The fraction of sp³-hybridized carbons (Fsp3) is 0.565. The normalized spacial score (nSPS) is 11.1. The number of esters is 2. The Hall–Kier alpha value is -2.10. The number of carbonyl (C=O) groups excluding carboxylic acids is 2. The summed E-state index contributed by atoms with van der Waals surface area (Å²) in [6, 6.07) is 6.61. The zero-order valence-electron chi connectivity index (χ0n) is 17.0. The lowest BCUT2D eigenvalue weighted by Gasteiger charge is -2.10. The van der Waals surface area contributed by atoms with Crippen LogP contribution in [0.2, 0.25) is 0 Å². The van der Waals surface area contributed by atoms with Gasteiger partial charge >= 0.3 is 11.9 Å². The Bertz CT molecular complexity index is 590. The summed E-state index contributed by atoms with van der Waals surface area (Å²) >= 11 is 0. The van der Waals surface area contributed by atoms with Crippen molar-refractivity contribution in [1.82, 2.24) is 0 Å². The lowest BCUT2D eigenvalue weighted by Crippen LogP contribution is -2.16. The third-order valence-corrected chi connectivity index (χ3v) is 4.12. The second-order valence-corrected chi connectivity index (χ2v) is 7.16. The van der Waals surface area contributed by atoms with E-state index in [0.717, 1.165) is 6.42 Å². The van der Waals surface area contributed by atoms with Gasteiger partial charge in [-0.15, -0.1) is 0 Å². The lowest BCUT2D eigenvalue weighted by molar-refractivity contribution is 0.0439. The van der Waals surface area contributed by atoms with Crippen LogP contribution in [0.4, 0.5) is 0 Å². The van der Waals surface area contributed by atoms with Gasteiger partial charge in [0.05, 0.1) is 17.7 Å². The molecule has 0 unspecified atom stereocenters. The molecule has 0 aliphatic carbocycles. The van der Waals surface area contributed by atoms with Crippen molar-refractivity contribution in [2.24, 2.45) is 5.92 Å². The number of unbranched alkanes of at least 4 members (excludes halogenated alkanes) is 6. The van der Waals surface area contributed by atoms with Gasteiger partial charge in [-0.3, -0.25) is 0 Å². The highest BCUT2D eigenvalue weighted by atomic mass is 16.5.